The molecule has 1 aromatic carbocycles. The fraction of sp³-hybridized carbons (Fsp3) is 0.571. The summed E-state index contributed by atoms with van der Waals surface area (Å²) < 4.78 is 6.10. The first kappa shape index (κ1) is 11.6. The molecule has 0 bridgehead atoms. The zero-order chi connectivity index (χ0) is 11.4. The minimum absolute atomic E-state index is 0.231. The summed E-state index contributed by atoms with van der Waals surface area (Å²) in [5.74, 6) is 0. The Morgan fingerprint density at radius 3 is 2.81 bits per heavy atom. The van der Waals surface area contributed by atoms with Crippen LogP contribution in [0.2, 0.25) is 0 Å². The Labute approximate surface area is 98.0 Å². The number of benzene rings is 1. The zero-order valence-electron chi connectivity index (χ0n) is 10.2. The molecular weight excluding hydrogens is 198 g/mol. The third kappa shape index (κ3) is 2.45. The minimum atomic E-state index is 0.231. The van der Waals surface area contributed by atoms with Gasteiger partial charge in [0.2, 0.25) is 0 Å². The lowest BCUT2D eigenvalue weighted by atomic mass is 9.99. The van der Waals surface area contributed by atoms with E-state index in [-0.39, 0.29) is 6.10 Å². The van der Waals surface area contributed by atoms with Crippen molar-refractivity contribution in [2.45, 2.75) is 38.9 Å². The van der Waals surface area contributed by atoms with Crippen LogP contribution in [0.3, 0.4) is 0 Å². The second-order valence-electron chi connectivity index (χ2n) is 4.37. The average Bonchev–Trinajstić information content (AvgIpc) is 2.38. The van der Waals surface area contributed by atoms with Crippen molar-refractivity contribution in [2.75, 3.05) is 13.1 Å². The maximum Gasteiger partial charge on any atom is 0.0956 e. The fourth-order valence-corrected chi connectivity index (χ4v) is 2.30. The molecule has 1 fully saturated rings. The third-order valence-electron chi connectivity index (χ3n) is 3.30. The first-order valence-corrected chi connectivity index (χ1v) is 6.29. The highest BCUT2D eigenvalue weighted by Gasteiger charge is 2.23. The van der Waals surface area contributed by atoms with Crippen LogP contribution >= 0.6 is 0 Å². The third-order valence-corrected chi connectivity index (χ3v) is 3.30. The number of hydrogen-bond donors (Lipinski definition) is 1. The Morgan fingerprint density at radius 2 is 2.06 bits per heavy atom. The van der Waals surface area contributed by atoms with E-state index in [0.717, 1.165) is 25.9 Å². The summed E-state index contributed by atoms with van der Waals surface area (Å²) in [7, 11) is 0. The molecule has 2 nitrogen and oxygen atoms in total. The molecule has 0 aromatic heterocycles. The highest BCUT2D eigenvalue weighted by atomic mass is 16.5. The van der Waals surface area contributed by atoms with Gasteiger partial charge in [-0.3, -0.25) is 0 Å². The molecule has 2 atom stereocenters. The van der Waals surface area contributed by atoms with E-state index in [2.05, 4.69) is 43.4 Å². The largest absolute Gasteiger partial charge is 0.368 e. The Balaban J connectivity index is 2.16. The number of rotatable bonds is 3. The van der Waals surface area contributed by atoms with Gasteiger partial charge in [0.1, 0.15) is 0 Å². The zero-order valence-corrected chi connectivity index (χ0v) is 10.2. The Bertz CT molecular complexity index is 337. The van der Waals surface area contributed by atoms with Gasteiger partial charge in [-0.05, 0) is 24.0 Å². The number of morpholine rings is 1. The Morgan fingerprint density at radius 1 is 1.25 bits per heavy atom. The van der Waals surface area contributed by atoms with E-state index in [0.29, 0.717) is 6.10 Å². The topological polar surface area (TPSA) is 21.3 Å². The van der Waals surface area contributed by atoms with Gasteiger partial charge in [-0.2, -0.15) is 0 Å². The first-order valence-electron chi connectivity index (χ1n) is 6.29. The van der Waals surface area contributed by atoms with Gasteiger partial charge in [0, 0.05) is 13.1 Å². The molecule has 1 heterocycles. The molecule has 16 heavy (non-hydrogen) atoms. The van der Waals surface area contributed by atoms with Gasteiger partial charge in [0.25, 0.3) is 0 Å². The standard InChI is InChI=1S/C14H21NO/c1-3-11-7-5-6-8-13(11)14-10-15-9-12(4-2)16-14/h5-8,12,14-15H,3-4,9-10H2,1-2H3. The maximum atomic E-state index is 6.10. The van der Waals surface area contributed by atoms with Crippen molar-refractivity contribution in [2.24, 2.45) is 0 Å². The number of aryl methyl sites for hydroxylation is 1. The van der Waals surface area contributed by atoms with Gasteiger partial charge in [0.05, 0.1) is 12.2 Å². The van der Waals surface area contributed by atoms with E-state index in [1.165, 1.54) is 11.1 Å². The van der Waals surface area contributed by atoms with Gasteiger partial charge in [-0.1, -0.05) is 38.1 Å². The van der Waals surface area contributed by atoms with E-state index in [4.69, 9.17) is 4.74 Å². The van der Waals surface area contributed by atoms with Crippen LogP contribution in [0, 0.1) is 0 Å². The lowest BCUT2D eigenvalue weighted by molar-refractivity contribution is -0.0403. The van der Waals surface area contributed by atoms with Crippen LogP contribution in [0.25, 0.3) is 0 Å². The minimum Gasteiger partial charge on any atom is -0.368 e. The molecule has 1 aliphatic rings. The number of ether oxygens (including phenoxy) is 1. The van der Waals surface area contributed by atoms with E-state index < -0.39 is 0 Å². The molecule has 0 spiro atoms. The molecule has 88 valence electrons. The van der Waals surface area contributed by atoms with Gasteiger partial charge >= 0.3 is 0 Å². The predicted molar refractivity (Wildman–Crippen MR) is 66.6 cm³/mol. The second kappa shape index (κ2) is 5.46. The van der Waals surface area contributed by atoms with Crippen molar-refractivity contribution in [1.29, 1.82) is 0 Å². The number of hydrogen-bond acceptors (Lipinski definition) is 2. The maximum absolute atomic E-state index is 6.10. The van der Waals surface area contributed by atoms with Crippen molar-refractivity contribution in [1.82, 2.24) is 5.32 Å². The molecule has 0 amide bonds. The van der Waals surface area contributed by atoms with Crippen LogP contribution in [0.15, 0.2) is 24.3 Å². The number of nitrogens with one attached hydrogen (secondary N) is 1. The van der Waals surface area contributed by atoms with E-state index in [1.54, 1.807) is 0 Å². The van der Waals surface area contributed by atoms with Crippen LogP contribution in [-0.4, -0.2) is 19.2 Å². The van der Waals surface area contributed by atoms with Crippen LogP contribution in [-0.2, 0) is 11.2 Å². The highest BCUT2D eigenvalue weighted by Crippen LogP contribution is 2.25. The van der Waals surface area contributed by atoms with Gasteiger partial charge in [-0.15, -0.1) is 0 Å². The quantitative estimate of drug-likeness (QED) is 0.844. The van der Waals surface area contributed by atoms with E-state index >= 15 is 0 Å². The molecule has 2 heteroatoms. The first-order chi connectivity index (χ1) is 7.85. The molecule has 0 aliphatic carbocycles. The van der Waals surface area contributed by atoms with Gasteiger partial charge in [0.15, 0.2) is 0 Å². The van der Waals surface area contributed by atoms with Crippen molar-refractivity contribution in [3.63, 3.8) is 0 Å². The lowest BCUT2D eigenvalue weighted by Crippen LogP contribution is -2.40. The average molecular weight is 219 g/mol. The molecule has 1 saturated heterocycles. The summed E-state index contributed by atoms with van der Waals surface area (Å²) >= 11 is 0. The van der Waals surface area contributed by atoms with Gasteiger partial charge < -0.3 is 10.1 Å². The monoisotopic (exact) mass is 219 g/mol. The van der Waals surface area contributed by atoms with E-state index in [9.17, 15) is 0 Å². The molecule has 2 unspecified atom stereocenters. The van der Waals surface area contributed by atoms with Crippen LogP contribution in [0.5, 0.6) is 0 Å². The van der Waals surface area contributed by atoms with Crippen LogP contribution in [0.1, 0.15) is 37.5 Å². The van der Waals surface area contributed by atoms with Crippen molar-refractivity contribution >= 4 is 0 Å². The van der Waals surface area contributed by atoms with Gasteiger partial charge in [-0.25, -0.2) is 0 Å². The molecule has 1 aromatic rings. The molecular formula is C14H21NO. The molecule has 2 rings (SSSR count). The lowest BCUT2D eigenvalue weighted by Gasteiger charge is -2.31. The predicted octanol–water partition coefficient (Wildman–Crippen LogP) is 2.69. The van der Waals surface area contributed by atoms with Crippen molar-refractivity contribution in [3.8, 4) is 0 Å². The molecule has 1 aliphatic heterocycles. The summed E-state index contributed by atoms with van der Waals surface area (Å²) in [5, 5.41) is 3.46. The highest BCUT2D eigenvalue weighted by molar-refractivity contribution is 5.29. The summed E-state index contributed by atoms with van der Waals surface area (Å²) in [6.07, 6.45) is 2.75. The second-order valence-corrected chi connectivity index (χ2v) is 4.37. The molecule has 0 radical (unpaired) electrons. The van der Waals surface area contributed by atoms with Crippen LogP contribution in [0.4, 0.5) is 0 Å². The fourth-order valence-electron chi connectivity index (χ4n) is 2.30. The normalized spacial score (nSPS) is 25.6. The van der Waals surface area contributed by atoms with Crippen molar-refractivity contribution in [3.05, 3.63) is 35.4 Å². The molecule has 0 saturated carbocycles. The Hall–Kier alpha value is -0.860. The summed E-state index contributed by atoms with van der Waals surface area (Å²) in [6, 6.07) is 8.61. The molecule has 1 N–H and O–H groups in total. The summed E-state index contributed by atoms with van der Waals surface area (Å²) in [5.41, 5.74) is 2.77. The van der Waals surface area contributed by atoms with Crippen LogP contribution < -0.4 is 5.32 Å². The summed E-state index contributed by atoms with van der Waals surface area (Å²) in [4.78, 5) is 0. The summed E-state index contributed by atoms with van der Waals surface area (Å²) in [6.45, 7) is 6.31. The van der Waals surface area contributed by atoms with Crippen molar-refractivity contribution < 1.29 is 4.74 Å². The smallest absolute Gasteiger partial charge is 0.0956 e. The Kier molecular flexibility index (Phi) is 3.97. The SMILES string of the molecule is CCc1ccccc1C1CNCC(CC)O1. The van der Waals surface area contributed by atoms with E-state index in [1.807, 2.05) is 0 Å².